The fourth-order valence-corrected chi connectivity index (χ4v) is 5.89. The van der Waals surface area contributed by atoms with Crippen molar-refractivity contribution in [1.82, 2.24) is 20.2 Å². The highest BCUT2D eigenvalue weighted by atomic mass is 35.5. The normalized spacial score (nSPS) is 18.7. The van der Waals surface area contributed by atoms with Crippen LogP contribution in [0.15, 0.2) is 36.4 Å². The maximum atomic E-state index is 6.67. The molecule has 0 bridgehead atoms. The second kappa shape index (κ2) is 11.4. The van der Waals surface area contributed by atoms with Gasteiger partial charge in [-0.15, -0.1) is 0 Å². The van der Waals surface area contributed by atoms with Crippen LogP contribution in [-0.2, 0) is 17.7 Å². The van der Waals surface area contributed by atoms with E-state index >= 15 is 0 Å². The third kappa shape index (κ3) is 5.48. The highest BCUT2D eigenvalue weighted by Crippen LogP contribution is 2.36. The van der Waals surface area contributed by atoms with E-state index < -0.39 is 0 Å². The highest BCUT2D eigenvalue weighted by Gasteiger charge is 2.27. The molecule has 0 saturated carbocycles. The van der Waals surface area contributed by atoms with Crippen LogP contribution < -0.4 is 19.9 Å². The fraction of sp³-hybridized carbons (Fsp3) is 0.500. The van der Waals surface area contributed by atoms with Gasteiger partial charge in [-0.2, -0.15) is 9.97 Å². The van der Waals surface area contributed by atoms with Crippen molar-refractivity contribution in [3.05, 3.63) is 52.7 Å². The number of benzene rings is 2. The predicted molar refractivity (Wildman–Crippen MR) is 148 cm³/mol. The molecule has 0 amide bonds. The molecule has 6 rings (SSSR count). The Bertz CT molecular complexity index is 1220. The van der Waals surface area contributed by atoms with Gasteiger partial charge in [-0.1, -0.05) is 35.9 Å². The molecule has 4 heterocycles. The molecule has 2 saturated heterocycles. The van der Waals surface area contributed by atoms with Crippen molar-refractivity contribution < 1.29 is 9.47 Å². The molecule has 0 unspecified atom stereocenters. The minimum Gasteiger partial charge on any atom is -0.463 e. The van der Waals surface area contributed by atoms with Gasteiger partial charge in [0.25, 0.3) is 0 Å². The van der Waals surface area contributed by atoms with Gasteiger partial charge in [0, 0.05) is 69.0 Å². The molecule has 1 N–H and O–H groups in total. The van der Waals surface area contributed by atoms with Gasteiger partial charge in [0.2, 0.25) is 0 Å². The van der Waals surface area contributed by atoms with Gasteiger partial charge in [-0.05, 0) is 30.4 Å². The average molecular weight is 523 g/mol. The molecule has 9 heteroatoms. The monoisotopic (exact) mass is 522 g/mol. The second-order valence-corrected chi connectivity index (χ2v) is 10.3. The number of aromatic nitrogens is 2. The van der Waals surface area contributed by atoms with E-state index in [1.165, 1.54) is 5.56 Å². The summed E-state index contributed by atoms with van der Waals surface area (Å²) < 4.78 is 11.6. The quantitative estimate of drug-likeness (QED) is 0.474. The van der Waals surface area contributed by atoms with Crippen molar-refractivity contribution >= 4 is 33.9 Å². The van der Waals surface area contributed by atoms with Crippen LogP contribution in [0.3, 0.4) is 0 Å². The van der Waals surface area contributed by atoms with Crippen LogP contribution >= 0.6 is 11.6 Å². The van der Waals surface area contributed by atoms with Crippen LogP contribution in [0, 0.1) is 0 Å². The summed E-state index contributed by atoms with van der Waals surface area (Å²) in [5.74, 6) is 1.05. The van der Waals surface area contributed by atoms with E-state index in [1.807, 2.05) is 12.1 Å². The first-order chi connectivity index (χ1) is 18.3. The number of fused-ring (bicyclic) bond motifs is 2. The van der Waals surface area contributed by atoms with E-state index in [0.29, 0.717) is 19.2 Å². The first-order valence-corrected chi connectivity index (χ1v) is 13.8. The lowest BCUT2D eigenvalue weighted by Crippen LogP contribution is -2.45. The summed E-state index contributed by atoms with van der Waals surface area (Å²) >= 11 is 6.67. The van der Waals surface area contributed by atoms with Gasteiger partial charge in [0.15, 0.2) is 0 Å². The maximum absolute atomic E-state index is 6.67. The summed E-state index contributed by atoms with van der Waals surface area (Å²) in [5, 5.41) is 6.50. The molecule has 0 radical (unpaired) electrons. The molecule has 196 valence electrons. The number of nitrogens with one attached hydrogen (secondary N) is 1. The van der Waals surface area contributed by atoms with E-state index in [1.54, 1.807) is 0 Å². The Morgan fingerprint density at radius 1 is 0.946 bits per heavy atom. The zero-order chi connectivity index (χ0) is 25.0. The Kier molecular flexibility index (Phi) is 7.60. The number of hydrogen-bond donors (Lipinski definition) is 1. The molecular weight excluding hydrogens is 488 g/mol. The first kappa shape index (κ1) is 24.7. The molecule has 0 atom stereocenters. The van der Waals surface area contributed by atoms with Crippen LogP contribution in [0.25, 0.3) is 10.8 Å². The maximum Gasteiger partial charge on any atom is 0.318 e. The summed E-state index contributed by atoms with van der Waals surface area (Å²) in [6.07, 6.45) is 1.84. The van der Waals surface area contributed by atoms with E-state index in [2.05, 4.69) is 44.3 Å². The first-order valence-electron chi connectivity index (χ1n) is 13.5. The largest absolute Gasteiger partial charge is 0.463 e. The summed E-state index contributed by atoms with van der Waals surface area (Å²) in [5.41, 5.74) is 3.47. The lowest BCUT2D eigenvalue weighted by Gasteiger charge is -2.35. The van der Waals surface area contributed by atoms with Gasteiger partial charge >= 0.3 is 6.01 Å². The Labute approximate surface area is 223 Å². The van der Waals surface area contributed by atoms with Crippen LogP contribution in [0.1, 0.15) is 17.7 Å². The zero-order valence-electron chi connectivity index (χ0n) is 21.3. The number of morpholine rings is 1. The van der Waals surface area contributed by atoms with Gasteiger partial charge < -0.3 is 24.6 Å². The molecule has 0 aliphatic carbocycles. The Morgan fingerprint density at radius 3 is 2.59 bits per heavy atom. The summed E-state index contributed by atoms with van der Waals surface area (Å²) in [6, 6.07) is 13.0. The topological polar surface area (TPSA) is 66.0 Å². The van der Waals surface area contributed by atoms with Crippen LogP contribution in [0.5, 0.6) is 6.01 Å². The number of hydrogen-bond acceptors (Lipinski definition) is 8. The van der Waals surface area contributed by atoms with Crippen molar-refractivity contribution in [2.75, 3.05) is 82.0 Å². The number of rotatable bonds is 7. The van der Waals surface area contributed by atoms with Gasteiger partial charge in [0.05, 0.1) is 37.1 Å². The Balaban J connectivity index is 1.24. The van der Waals surface area contributed by atoms with Gasteiger partial charge in [0.1, 0.15) is 5.82 Å². The average Bonchev–Trinajstić information content (AvgIpc) is 2.95. The van der Waals surface area contributed by atoms with Gasteiger partial charge in [-0.25, -0.2) is 0 Å². The minimum atomic E-state index is 0.493. The minimum absolute atomic E-state index is 0.493. The molecule has 3 aliphatic heterocycles. The number of nitrogens with zero attached hydrogens (tertiary/aromatic N) is 5. The summed E-state index contributed by atoms with van der Waals surface area (Å²) in [7, 11) is 0. The second-order valence-electron chi connectivity index (χ2n) is 9.93. The highest BCUT2D eigenvalue weighted by molar-refractivity contribution is 6.36. The molecule has 37 heavy (non-hydrogen) atoms. The number of ether oxygens (including phenoxy) is 2. The smallest absolute Gasteiger partial charge is 0.318 e. The number of halogens is 1. The molecule has 3 aromatic rings. The van der Waals surface area contributed by atoms with E-state index in [4.69, 9.17) is 31.0 Å². The number of anilines is 2. The summed E-state index contributed by atoms with van der Waals surface area (Å²) in [4.78, 5) is 17.1. The molecule has 1 aromatic heterocycles. The molecule has 3 aliphatic rings. The van der Waals surface area contributed by atoms with E-state index in [-0.39, 0.29) is 0 Å². The van der Waals surface area contributed by atoms with Crippen LogP contribution in [0.2, 0.25) is 5.02 Å². The molecule has 8 nitrogen and oxygen atoms in total. The molecular formula is C28H35ClN6O2. The SMILES string of the molecule is Clc1cccc2cccc(N3CCc4c(nc(OCCCN5CCOCC5)nc4N4CCNCC4)C3)c12. The molecule has 0 spiro atoms. The van der Waals surface area contributed by atoms with Crippen molar-refractivity contribution in [3.63, 3.8) is 0 Å². The Morgan fingerprint density at radius 2 is 1.76 bits per heavy atom. The Hall–Kier alpha value is -2.65. The van der Waals surface area contributed by atoms with Crippen LogP contribution in [-0.4, -0.2) is 87.0 Å². The van der Waals surface area contributed by atoms with Crippen molar-refractivity contribution in [3.8, 4) is 6.01 Å². The van der Waals surface area contributed by atoms with Crippen LogP contribution in [0.4, 0.5) is 11.5 Å². The molecule has 2 fully saturated rings. The van der Waals surface area contributed by atoms with Crippen molar-refractivity contribution in [2.45, 2.75) is 19.4 Å². The standard InChI is InChI=1S/C28H35ClN6O2/c29-23-6-1-4-21-5-2-7-25(26(21)23)35-12-8-22-24(20-35)31-28(32-27(22)34-13-9-30-10-14-34)37-17-3-11-33-15-18-36-19-16-33/h1-2,4-7,30H,3,8-20H2. The lowest BCUT2D eigenvalue weighted by atomic mass is 10.0. The third-order valence-electron chi connectivity index (χ3n) is 7.57. The molecule has 2 aromatic carbocycles. The van der Waals surface area contributed by atoms with Crippen molar-refractivity contribution in [1.29, 1.82) is 0 Å². The zero-order valence-corrected chi connectivity index (χ0v) is 22.1. The third-order valence-corrected chi connectivity index (χ3v) is 7.88. The van der Waals surface area contributed by atoms with E-state index in [0.717, 1.165) is 111 Å². The van der Waals surface area contributed by atoms with E-state index in [9.17, 15) is 0 Å². The summed E-state index contributed by atoms with van der Waals surface area (Å²) in [6.45, 7) is 10.7. The van der Waals surface area contributed by atoms with Crippen molar-refractivity contribution in [2.24, 2.45) is 0 Å². The van der Waals surface area contributed by atoms with Gasteiger partial charge in [-0.3, -0.25) is 4.90 Å². The lowest BCUT2D eigenvalue weighted by molar-refractivity contribution is 0.0356. The predicted octanol–water partition coefficient (Wildman–Crippen LogP) is 3.36. The fourth-order valence-electron chi connectivity index (χ4n) is 5.61. The number of piperazine rings is 1.